The summed E-state index contributed by atoms with van der Waals surface area (Å²) in [6.45, 7) is 3.45. The molecule has 3 N–H and O–H groups in total. The number of fused-ring (bicyclic) bond motifs is 1. The molecular formula is C23H28F2N8O2. The molecule has 0 saturated carbocycles. The Balaban J connectivity index is 1.64. The van der Waals surface area contributed by atoms with Crippen LogP contribution >= 0.6 is 0 Å². The molecule has 3 heterocycles. The Labute approximate surface area is 201 Å². The van der Waals surface area contributed by atoms with E-state index in [9.17, 15) is 13.6 Å². The molecule has 1 saturated heterocycles. The highest BCUT2D eigenvalue weighted by Crippen LogP contribution is 2.36. The minimum Gasteiger partial charge on any atom is -0.479 e. The number of ether oxygens (including phenoxy) is 1. The van der Waals surface area contributed by atoms with Crippen LogP contribution in [-0.4, -0.2) is 70.5 Å². The molecule has 12 heteroatoms. The number of aromatic nitrogens is 3. The van der Waals surface area contributed by atoms with Crippen molar-refractivity contribution in [3.8, 4) is 17.0 Å². The molecule has 0 spiro atoms. The Bertz CT molecular complexity index is 1230. The zero-order valence-electron chi connectivity index (χ0n) is 19.8. The zero-order chi connectivity index (χ0) is 25.1. The monoisotopic (exact) mass is 486 g/mol. The number of anilines is 2. The fraction of sp³-hybridized carbons (Fsp3) is 0.435. The van der Waals surface area contributed by atoms with Crippen molar-refractivity contribution in [3.63, 3.8) is 0 Å². The fourth-order valence-corrected chi connectivity index (χ4v) is 4.14. The zero-order valence-corrected chi connectivity index (χ0v) is 19.8. The van der Waals surface area contributed by atoms with Crippen LogP contribution in [-0.2, 0) is 4.79 Å². The van der Waals surface area contributed by atoms with Crippen molar-refractivity contribution in [2.24, 2.45) is 5.11 Å². The van der Waals surface area contributed by atoms with Crippen molar-refractivity contribution in [1.82, 2.24) is 19.5 Å². The molecule has 2 aromatic heterocycles. The van der Waals surface area contributed by atoms with E-state index in [0.29, 0.717) is 35.7 Å². The first-order valence-corrected chi connectivity index (χ1v) is 11.3. The number of methoxy groups -OCH3 is 1. The second-order valence-electron chi connectivity index (χ2n) is 8.49. The smallest absolute Gasteiger partial charge is 0.244 e. The molecule has 4 rings (SSSR count). The number of benzene rings is 1. The second kappa shape index (κ2) is 10.2. The van der Waals surface area contributed by atoms with E-state index in [1.807, 2.05) is 6.07 Å². The van der Waals surface area contributed by atoms with Gasteiger partial charge < -0.3 is 20.3 Å². The Hall–Kier alpha value is -3.83. The summed E-state index contributed by atoms with van der Waals surface area (Å²) in [7, 11) is 1.49. The van der Waals surface area contributed by atoms with Crippen molar-refractivity contribution >= 4 is 28.7 Å². The van der Waals surface area contributed by atoms with Crippen molar-refractivity contribution in [2.45, 2.75) is 38.7 Å². The predicted octanol–water partition coefficient (Wildman–Crippen LogP) is 4.21. The van der Waals surface area contributed by atoms with Gasteiger partial charge in [0.15, 0.2) is 0 Å². The van der Waals surface area contributed by atoms with Crippen molar-refractivity contribution in [1.29, 1.82) is 5.53 Å². The van der Waals surface area contributed by atoms with Gasteiger partial charge in [0.25, 0.3) is 0 Å². The molecule has 35 heavy (non-hydrogen) atoms. The maximum atomic E-state index is 14.7. The topological polar surface area (TPSA) is 120 Å². The lowest BCUT2D eigenvalue weighted by Gasteiger charge is -2.34. The van der Waals surface area contributed by atoms with E-state index in [4.69, 9.17) is 10.3 Å². The number of carbonyl (C=O) groups excluding carboxylic acids is 1. The van der Waals surface area contributed by atoms with Crippen LogP contribution in [0.1, 0.15) is 20.3 Å². The summed E-state index contributed by atoms with van der Waals surface area (Å²) in [5.74, 6) is 0.357. The minimum atomic E-state index is -1.25. The van der Waals surface area contributed by atoms with Crippen molar-refractivity contribution < 1.29 is 18.3 Å². The lowest BCUT2D eigenvalue weighted by Crippen LogP contribution is -2.49. The predicted molar refractivity (Wildman–Crippen MR) is 128 cm³/mol. The summed E-state index contributed by atoms with van der Waals surface area (Å²) >= 11 is 0. The normalized spacial score (nSPS) is 18.8. The first-order chi connectivity index (χ1) is 16.8. The highest BCUT2D eigenvalue weighted by atomic mass is 19.1. The van der Waals surface area contributed by atoms with Crippen LogP contribution in [0, 0.1) is 5.53 Å². The SMILES string of the molecule is COc1nc(N[C@H]2CCN(C(C)=O)C[C@H]2F)nn2ccc(-c3ccc(N=N)c(NC[C@@H](C)F)c3)c12. The van der Waals surface area contributed by atoms with Gasteiger partial charge in [-0.2, -0.15) is 10.1 Å². The van der Waals surface area contributed by atoms with E-state index in [1.54, 1.807) is 28.9 Å². The van der Waals surface area contributed by atoms with Crippen LogP contribution < -0.4 is 15.4 Å². The van der Waals surface area contributed by atoms with E-state index in [-0.39, 0.29) is 24.9 Å². The summed E-state index contributed by atoms with van der Waals surface area (Å²) in [5, 5.41) is 14.0. The Morgan fingerprint density at radius 1 is 1.40 bits per heavy atom. The number of likely N-dealkylation sites (tertiary alicyclic amines) is 1. The number of hydrogen-bond donors (Lipinski definition) is 3. The number of nitrogens with one attached hydrogen (secondary N) is 3. The van der Waals surface area contributed by atoms with Gasteiger partial charge in [-0.3, -0.25) is 4.79 Å². The molecule has 1 amide bonds. The van der Waals surface area contributed by atoms with Crippen LogP contribution in [0.5, 0.6) is 5.88 Å². The molecular weight excluding hydrogens is 458 g/mol. The molecule has 0 radical (unpaired) electrons. The van der Waals surface area contributed by atoms with E-state index in [0.717, 1.165) is 11.1 Å². The van der Waals surface area contributed by atoms with Gasteiger partial charge in [-0.15, -0.1) is 5.10 Å². The fourth-order valence-electron chi connectivity index (χ4n) is 4.14. The Morgan fingerprint density at radius 2 is 2.20 bits per heavy atom. The van der Waals surface area contributed by atoms with E-state index in [1.165, 1.54) is 25.9 Å². The third kappa shape index (κ3) is 5.15. The molecule has 1 aliphatic rings. The summed E-state index contributed by atoms with van der Waals surface area (Å²) < 4.78 is 35.2. The van der Waals surface area contributed by atoms with Crippen LogP contribution in [0.15, 0.2) is 35.6 Å². The number of piperidine rings is 1. The molecule has 0 unspecified atom stereocenters. The Morgan fingerprint density at radius 3 is 2.86 bits per heavy atom. The number of amides is 1. The van der Waals surface area contributed by atoms with Gasteiger partial charge in [0.2, 0.25) is 17.7 Å². The molecule has 0 bridgehead atoms. The van der Waals surface area contributed by atoms with Gasteiger partial charge in [0.1, 0.15) is 23.5 Å². The summed E-state index contributed by atoms with van der Waals surface area (Å²) in [5.41, 5.74) is 10.4. The van der Waals surface area contributed by atoms with Gasteiger partial charge in [0.05, 0.1) is 25.4 Å². The van der Waals surface area contributed by atoms with E-state index < -0.39 is 18.4 Å². The molecule has 1 aromatic carbocycles. The number of hydrogen-bond acceptors (Lipinski definition) is 8. The summed E-state index contributed by atoms with van der Waals surface area (Å²) in [4.78, 5) is 17.5. The summed E-state index contributed by atoms with van der Waals surface area (Å²) in [6, 6.07) is 6.57. The number of halogens is 2. The van der Waals surface area contributed by atoms with Crippen LogP contribution in [0.2, 0.25) is 0 Å². The average molecular weight is 487 g/mol. The second-order valence-corrected chi connectivity index (χ2v) is 8.49. The maximum absolute atomic E-state index is 14.7. The number of carbonyl (C=O) groups is 1. The van der Waals surface area contributed by atoms with E-state index >= 15 is 0 Å². The standard InChI is InChI=1S/C23H28F2N8O2/c1-13(24)11-27-20-10-15(4-5-19(20)30-26)16-6-9-33-21(16)22(35-3)29-23(31-33)28-18-7-8-32(14(2)34)12-17(18)25/h4-6,9-10,13,17-18,26-27H,7-8,11-12H2,1-3H3,(H,28,31)/t13-,17-,18+/m1/s1. The average Bonchev–Trinajstić information content (AvgIpc) is 3.27. The number of nitrogens with zero attached hydrogens (tertiary/aromatic N) is 5. The third-order valence-electron chi connectivity index (χ3n) is 5.98. The molecule has 186 valence electrons. The van der Waals surface area contributed by atoms with Crippen LogP contribution in [0.25, 0.3) is 16.6 Å². The maximum Gasteiger partial charge on any atom is 0.244 e. The lowest BCUT2D eigenvalue weighted by atomic mass is 10.0. The third-order valence-corrected chi connectivity index (χ3v) is 5.98. The molecule has 0 aliphatic carbocycles. The number of rotatable bonds is 8. The first kappa shape index (κ1) is 24.3. The minimum absolute atomic E-state index is 0.0260. The Kier molecular flexibility index (Phi) is 7.08. The molecule has 1 fully saturated rings. The highest BCUT2D eigenvalue weighted by Gasteiger charge is 2.31. The number of alkyl halides is 2. The molecule has 1 aliphatic heterocycles. The van der Waals surface area contributed by atoms with Crippen molar-refractivity contribution in [2.75, 3.05) is 37.4 Å². The van der Waals surface area contributed by atoms with Crippen LogP contribution in [0.3, 0.4) is 0 Å². The summed E-state index contributed by atoms with van der Waals surface area (Å²) in [6.07, 6.45) is -0.143. The molecule has 10 nitrogen and oxygen atoms in total. The quantitative estimate of drug-likeness (QED) is 0.411. The van der Waals surface area contributed by atoms with Gasteiger partial charge in [0, 0.05) is 31.8 Å². The van der Waals surface area contributed by atoms with Gasteiger partial charge in [-0.25, -0.2) is 18.8 Å². The lowest BCUT2D eigenvalue weighted by molar-refractivity contribution is -0.131. The largest absolute Gasteiger partial charge is 0.479 e. The van der Waals surface area contributed by atoms with E-state index in [2.05, 4.69) is 25.8 Å². The highest BCUT2D eigenvalue weighted by molar-refractivity contribution is 5.87. The van der Waals surface area contributed by atoms with Gasteiger partial charge in [-0.1, -0.05) is 6.07 Å². The first-order valence-electron chi connectivity index (χ1n) is 11.3. The van der Waals surface area contributed by atoms with Gasteiger partial charge in [-0.05, 0) is 37.1 Å². The molecule has 3 aromatic rings. The van der Waals surface area contributed by atoms with Crippen LogP contribution in [0.4, 0.5) is 26.1 Å². The van der Waals surface area contributed by atoms with Gasteiger partial charge >= 0.3 is 0 Å². The molecule has 3 atom stereocenters. The van der Waals surface area contributed by atoms with Crippen molar-refractivity contribution in [3.05, 3.63) is 30.5 Å².